The van der Waals surface area contributed by atoms with E-state index in [1.54, 1.807) is 17.9 Å². The maximum atomic E-state index is 13.4. The second kappa shape index (κ2) is 12.3. The van der Waals surface area contributed by atoms with Crippen molar-refractivity contribution >= 4 is 39.3 Å². The zero-order valence-corrected chi connectivity index (χ0v) is 23.4. The molecular weight excluding hydrogens is 528 g/mol. The number of carbonyl (C=O) groups is 2. The van der Waals surface area contributed by atoms with Gasteiger partial charge in [0.1, 0.15) is 11.8 Å². The lowest BCUT2D eigenvalue weighted by Gasteiger charge is -2.31. The summed E-state index contributed by atoms with van der Waals surface area (Å²) in [5.41, 5.74) is 1.95. The van der Waals surface area contributed by atoms with Gasteiger partial charge in [0.05, 0.1) is 4.47 Å². The molecule has 1 unspecified atom stereocenters. The number of nitrogens with zero attached hydrogens (tertiary/aromatic N) is 1. The normalized spacial score (nSPS) is 15.4. The van der Waals surface area contributed by atoms with E-state index in [1.807, 2.05) is 36.4 Å². The fourth-order valence-corrected chi connectivity index (χ4v) is 4.96. The molecule has 0 saturated heterocycles. The molecule has 190 valence electrons. The summed E-state index contributed by atoms with van der Waals surface area (Å²) >= 11 is 9.95. The van der Waals surface area contributed by atoms with Crippen LogP contribution in [0.1, 0.15) is 70.9 Å². The smallest absolute Gasteiger partial charge is 0.261 e. The van der Waals surface area contributed by atoms with Crippen LogP contribution in [0.5, 0.6) is 5.75 Å². The number of benzene rings is 2. The Balaban J connectivity index is 1.74. The van der Waals surface area contributed by atoms with Crippen LogP contribution in [0, 0.1) is 0 Å². The molecule has 1 aliphatic carbocycles. The fourth-order valence-electron chi connectivity index (χ4n) is 4.27. The SMILES string of the molecule is CC(C(=O)NC1CCCCC1)N(Cc1ccccc1Cl)C(=O)COc1ccc(C(C)(C)C)cc1Br. The Kier molecular flexibility index (Phi) is 9.65. The molecule has 1 N–H and O–H groups in total. The van der Waals surface area contributed by atoms with E-state index in [0.29, 0.717) is 10.8 Å². The average Bonchev–Trinajstić information content (AvgIpc) is 2.82. The van der Waals surface area contributed by atoms with E-state index in [0.717, 1.165) is 41.3 Å². The van der Waals surface area contributed by atoms with Crippen molar-refractivity contribution in [1.82, 2.24) is 10.2 Å². The van der Waals surface area contributed by atoms with Gasteiger partial charge in [-0.25, -0.2) is 0 Å². The third-order valence-corrected chi connectivity index (χ3v) is 7.55. The third-order valence-electron chi connectivity index (χ3n) is 6.57. The summed E-state index contributed by atoms with van der Waals surface area (Å²) in [6.07, 6.45) is 5.43. The first-order valence-corrected chi connectivity index (χ1v) is 13.5. The molecule has 0 aliphatic heterocycles. The monoisotopic (exact) mass is 562 g/mol. The first-order valence-electron chi connectivity index (χ1n) is 12.3. The highest BCUT2D eigenvalue weighted by Crippen LogP contribution is 2.31. The molecular formula is C28H36BrClN2O3. The summed E-state index contributed by atoms with van der Waals surface area (Å²) in [6.45, 7) is 8.24. The number of nitrogens with one attached hydrogen (secondary N) is 1. The highest BCUT2D eigenvalue weighted by molar-refractivity contribution is 9.10. The molecule has 0 radical (unpaired) electrons. The van der Waals surface area contributed by atoms with E-state index in [2.05, 4.69) is 42.0 Å². The van der Waals surface area contributed by atoms with E-state index in [4.69, 9.17) is 16.3 Å². The van der Waals surface area contributed by atoms with Gasteiger partial charge in [-0.15, -0.1) is 0 Å². The van der Waals surface area contributed by atoms with Gasteiger partial charge < -0.3 is 15.0 Å². The van der Waals surface area contributed by atoms with Crippen molar-refractivity contribution in [3.05, 3.63) is 63.1 Å². The van der Waals surface area contributed by atoms with Crippen LogP contribution in [0.25, 0.3) is 0 Å². The number of hydrogen-bond donors (Lipinski definition) is 1. The second-order valence-corrected chi connectivity index (χ2v) is 11.6. The van der Waals surface area contributed by atoms with Crippen molar-refractivity contribution in [3.8, 4) is 5.75 Å². The van der Waals surface area contributed by atoms with Gasteiger partial charge in [-0.05, 0) is 70.4 Å². The van der Waals surface area contributed by atoms with Gasteiger partial charge in [0.15, 0.2) is 6.61 Å². The van der Waals surface area contributed by atoms with Crippen molar-refractivity contribution in [2.45, 2.75) is 83.8 Å². The Morgan fingerprint density at radius 1 is 1.14 bits per heavy atom. The van der Waals surface area contributed by atoms with Crippen molar-refractivity contribution in [2.75, 3.05) is 6.61 Å². The van der Waals surface area contributed by atoms with Crippen LogP contribution < -0.4 is 10.1 Å². The molecule has 1 saturated carbocycles. The standard InChI is InChI=1S/C28H36BrClN2O3/c1-19(27(34)31-22-11-6-5-7-12-22)32(17-20-10-8-9-13-24(20)30)26(33)18-35-25-15-14-21(16-23(25)29)28(2,3)4/h8-10,13-16,19,22H,5-7,11-12,17-18H2,1-4H3,(H,31,34). The van der Waals surface area contributed by atoms with Crippen LogP contribution in [0.4, 0.5) is 0 Å². The maximum absolute atomic E-state index is 13.4. The Morgan fingerprint density at radius 3 is 2.46 bits per heavy atom. The molecule has 5 nitrogen and oxygen atoms in total. The summed E-state index contributed by atoms with van der Waals surface area (Å²) in [6, 6.07) is 12.8. The van der Waals surface area contributed by atoms with Gasteiger partial charge >= 0.3 is 0 Å². The fraction of sp³-hybridized carbons (Fsp3) is 0.500. The van der Waals surface area contributed by atoms with Gasteiger partial charge in [-0.3, -0.25) is 9.59 Å². The van der Waals surface area contributed by atoms with E-state index < -0.39 is 6.04 Å². The number of amides is 2. The van der Waals surface area contributed by atoms with Crippen molar-refractivity contribution in [2.24, 2.45) is 0 Å². The predicted molar refractivity (Wildman–Crippen MR) is 145 cm³/mol. The lowest BCUT2D eigenvalue weighted by Crippen LogP contribution is -2.51. The Hall–Kier alpha value is -2.05. The summed E-state index contributed by atoms with van der Waals surface area (Å²) in [5.74, 6) is 0.166. The number of carbonyl (C=O) groups excluding carboxylic acids is 2. The first kappa shape index (κ1) is 27.5. The number of hydrogen-bond acceptors (Lipinski definition) is 3. The molecule has 0 aromatic heterocycles. The van der Waals surface area contributed by atoms with E-state index in [-0.39, 0.29) is 36.4 Å². The maximum Gasteiger partial charge on any atom is 0.261 e. The topological polar surface area (TPSA) is 58.6 Å². The van der Waals surface area contributed by atoms with Crippen LogP contribution in [0.15, 0.2) is 46.9 Å². The Bertz CT molecular complexity index is 1030. The Labute approximate surface area is 222 Å². The molecule has 2 amide bonds. The zero-order valence-electron chi connectivity index (χ0n) is 21.1. The van der Waals surface area contributed by atoms with Crippen LogP contribution >= 0.6 is 27.5 Å². The van der Waals surface area contributed by atoms with Crippen LogP contribution in [-0.2, 0) is 21.5 Å². The third kappa shape index (κ3) is 7.71. The summed E-state index contributed by atoms with van der Waals surface area (Å²) < 4.78 is 6.68. The van der Waals surface area contributed by atoms with Gasteiger partial charge in [-0.2, -0.15) is 0 Å². The lowest BCUT2D eigenvalue weighted by atomic mass is 9.87. The van der Waals surface area contributed by atoms with Crippen LogP contribution in [0.2, 0.25) is 5.02 Å². The highest BCUT2D eigenvalue weighted by Gasteiger charge is 2.29. The molecule has 35 heavy (non-hydrogen) atoms. The van der Waals surface area contributed by atoms with Gasteiger partial charge in [0.2, 0.25) is 5.91 Å². The second-order valence-electron chi connectivity index (χ2n) is 10.3. The van der Waals surface area contributed by atoms with Crippen molar-refractivity contribution in [3.63, 3.8) is 0 Å². The molecule has 2 aromatic rings. The van der Waals surface area contributed by atoms with Crippen LogP contribution in [0.3, 0.4) is 0 Å². The van der Waals surface area contributed by atoms with Gasteiger partial charge in [0, 0.05) is 17.6 Å². The van der Waals surface area contributed by atoms with Crippen molar-refractivity contribution in [1.29, 1.82) is 0 Å². The lowest BCUT2D eigenvalue weighted by molar-refractivity contribution is -0.142. The zero-order chi connectivity index (χ0) is 25.6. The highest BCUT2D eigenvalue weighted by atomic mass is 79.9. The van der Waals surface area contributed by atoms with E-state index in [9.17, 15) is 9.59 Å². The van der Waals surface area contributed by atoms with Crippen molar-refractivity contribution < 1.29 is 14.3 Å². The predicted octanol–water partition coefficient (Wildman–Crippen LogP) is 6.65. The first-order chi connectivity index (χ1) is 16.6. The van der Waals surface area contributed by atoms with Gasteiger partial charge in [0.25, 0.3) is 5.91 Å². The molecule has 3 rings (SSSR count). The molecule has 1 atom stereocenters. The number of halogens is 2. The molecule has 7 heteroatoms. The molecule has 2 aromatic carbocycles. The average molecular weight is 564 g/mol. The summed E-state index contributed by atoms with van der Waals surface area (Å²) in [4.78, 5) is 28.0. The summed E-state index contributed by atoms with van der Waals surface area (Å²) in [5, 5.41) is 3.71. The minimum Gasteiger partial charge on any atom is -0.483 e. The number of ether oxygens (including phenoxy) is 1. The quantitative estimate of drug-likeness (QED) is 0.391. The molecule has 0 spiro atoms. The minimum atomic E-state index is -0.656. The number of rotatable bonds is 8. The molecule has 1 aliphatic rings. The molecule has 0 bridgehead atoms. The largest absolute Gasteiger partial charge is 0.483 e. The minimum absolute atomic E-state index is 0.00372. The van der Waals surface area contributed by atoms with E-state index in [1.165, 1.54) is 6.42 Å². The van der Waals surface area contributed by atoms with Gasteiger partial charge in [-0.1, -0.05) is 75.9 Å². The summed E-state index contributed by atoms with van der Waals surface area (Å²) in [7, 11) is 0. The van der Waals surface area contributed by atoms with Crippen LogP contribution in [-0.4, -0.2) is 35.4 Å². The molecule has 0 heterocycles. The van der Waals surface area contributed by atoms with E-state index >= 15 is 0 Å². The molecule has 1 fully saturated rings. The Morgan fingerprint density at radius 2 is 1.83 bits per heavy atom.